The maximum absolute atomic E-state index is 12.0. The van der Waals surface area contributed by atoms with Gasteiger partial charge in [0.05, 0.1) is 17.9 Å². The van der Waals surface area contributed by atoms with Crippen molar-refractivity contribution in [3.05, 3.63) is 23.2 Å². The third kappa shape index (κ3) is 7.88. The predicted molar refractivity (Wildman–Crippen MR) is 96.0 cm³/mol. The summed E-state index contributed by atoms with van der Waals surface area (Å²) in [4.78, 5) is 23.2. The lowest BCUT2D eigenvalue weighted by atomic mass is 10.1. The van der Waals surface area contributed by atoms with Gasteiger partial charge in [0.2, 0.25) is 11.8 Å². The average molecular weight is 340 g/mol. The maximum atomic E-state index is 12.0. The van der Waals surface area contributed by atoms with Gasteiger partial charge < -0.3 is 16.0 Å². The van der Waals surface area contributed by atoms with Gasteiger partial charge in [-0.1, -0.05) is 37.8 Å². The monoisotopic (exact) mass is 339 g/mol. The van der Waals surface area contributed by atoms with Crippen LogP contribution in [0.15, 0.2) is 18.2 Å². The molecule has 128 valence electrons. The molecule has 1 unspecified atom stereocenters. The summed E-state index contributed by atoms with van der Waals surface area (Å²) in [5.74, 6) is -0.257. The first-order valence-corrected chi connectivity index (χ1v) is 8.40. The van der Waals surface area contributed by atoms with Crippen molar-refractivity contribution in [2.24, 2.45) is 0 Å². The van der Waals surface area contributed by atoms with Crippen LogP contribution in [0.4, 0.5) is 11.4 Å². The molecule has 0 saturated carbocycles. The summed E-state index contributed by atoms with van der Waals surface area (Å²) < 4.78 is 0. The number of nitrogens with one attached hydrogen (secondary N) is 3. The lowest BCUT2D eigenvalue weighted by Gasteiger charge is -2.16. The second-order valence-corrected chi connectivity index (χ2v) is 6.13. The summed E-state index contributed by atoms with van der Waals surface area (Å²) in [5.41, 5.74) is 1.23. The van der Waals surface area contributed by atoms with Crippen molar-refractivity contribution < 1.29 is 9.59 Å². The second-order valence-electron chi connectivity index (χ2n) is 5.69. The fourth-order valence-corrected chi connectivity index (χ4v) is 2.41. The maximum Gasteiger partial charge on any atom is 0.239 e. The summed E-state index contributed by atoms with van der Waals surface area (Å²) in [7, 11) is 0. The van der Waals surface area contributed by atoms with Gasteiger partial charge >= 0.3 is 0 Å². The molecular weight excluding hydrogens is 314 g/mol. The van der Waals surface area contributed by atoms with E-state index in [1.807, 2.05) is 6.92 Å². The molecule has 0 heterocycles. The summed E-state index contributed by atoms with van der Waals surface area (Å²) in [6.07, 6.45) is 4.45. The van der Waals surface area contributed by atoms with Crippen LogP contribution in [0, 0.1) is 0 Å². The molecule has 0 spiro atoms. The molecule has 0 bridgehead atoms. The highest BCUT2D eigenvalue weighted by molar-refractivity contribution is 6.31. The Morgan fingerprint density at radius 2 is 1.96 bits per heavy atom. The van der Waals surface area contributed by atoms with Crippen LogP contribution < -0.4 is 16.0 Å². The fourth-order valence-electron chi connectivity index (χ4n) is 2.24. The van der Waals surface area contributed by atoms with Crippen LogP contribution in [0.1, 0.15) is 46.5 Å². The molecule has 6 heteroatoms. The molecule has 0 aliphatic carbocycles. The number of benzene rings is 1. The lowest BCUT2D eigenvalue weighted by Crippen LogP contribution is -2.36. The number of halogens is 1. The molecule has 2 amide bonds. The minimum absolute atomic E-state index is 0.0808. The molecule has 0 aliphatic rings. The third-order valence-electron chi connectivity index (χ3n) is 3.38. The normalized spacial score (nSPS) is 11.7. The Labute approximate surface area is 143 Å². The average Bonchev–Trinajstić information content (AvgIpc) is 2.47. The third-order valence-corrected chi connectivity index (χ3v) is 3.61. The van der Waals surface area contributed by atoms with E-state index in [1.54, 1.807) is 18.2 Å². The number of carbonyl (C=O) groups excluding carboxylic acids is 2. The fraction of sp³-hybridized carbons (Fsp3) is 0.529. The van der Waals surface area contributed by atoms with Crippen LogP contribution in [0.3, 0.4) is 0 Å². The molecule has 0 fully saturated rings. The van der Waals surface area contributed by atoms with E-state index in [9.17, 15) is 9.59 Å². The Balaban J connectivity index is 2.51. The van der Waals surface area contributed by atoms with Gasteiger partial charge in [-0.25, -0.2) is 0 Å². The molecule has 23 heavy (non-hydrogen) atoms. The SMILES string of the molecule is CCCCCC(C)NC(=O)CNc1cc(Cl)ccc1NC(C)=O. The van der Waals surface area contributed by atoms with Crippen LogP contribution in [0.25, 0.3) is 0 Å². The topological polar surface area (TPSA) is 70.2 Å². The predicted octanol–water partition coefficient (Wildman–Crippen LogP) is 3.80. The highest BCUT2D eigenvalue weighted by Crippen LogP contribution is 2.25. The largest absolute Gasteiger partial charge is 0.374 e. The zero-order valence-corrected chi connectivity index (χ0v) is 14.8. The van der Waals surface area contributed by atoms with Crippen LogP contribution in [0.5, 0.6) is 0 Å². The number of anilines is 2. The number of unbranched alkanes of at least 4 members (excludes halogenated alkanes) is 2. The first-order chi connectivity index (χ1) is 10.9. The van der Waals surface area contributed by atoms with Crippen molar-refractivity contribution >= 4 is 34.8 Å². The van der Waals surface area contributed by atoms with E-state index in [0.717, 1.165) is 12.8 Å². The Morgan fingerprint density at radius 1 is 1.22 bits per heavy atom. The van der Waals surface area contributed by atoms with E-state index in [-0.39, 0.29) is 24.4 Å². The van der Waals surface area contributed by atoms with Gasteiger partial charge in [-0.05, 0) is 31.5 Å². The molecule has 1 atom stereocenters. The Morgan fingerprint density at radius 3 is 2.61 bits per heavy atom. The van der Waals surface area contributed by atoms with E-state index in [2.05, 4.69) is 22.9 Å². The van der Waals surface area contributed by atoms with Crippen molar-refractivity contribution in [2.45, 2.75) is 52.5 Å². The molecule has 1 aromatic carbocycles. The highest BCUT2D eigenvalue weighted by atomic mass is 35.5. The summed E-state index contributed by atoms with van der Waals surface area (Å²) in [5, 5.41) is 9.23. The number of hydrogen-bond acceptors (Lipinski definition) is 3. The van der Waals surface area contributed by atoms with Gasteiger partial charge in [0.1, 0.15) is 0 Å². The minimum atomic E-state index is -0.177. The van der Waals surface area contributed by atoms with Crippen molar-refractivity contribution in [2.75, 3.05) is 17.2 Å². The standard InChI is InChI=1S/C17H26ClN3O2/c1-4-5-6-7-12(2)20-17(23)11-19-16-10-14(18)8-9-15(16)21-13(3)22/h8-10,12,19H,4-7,11H2,1-3H3,(H,20,23)(H,21,22). The summed E-state index contributed by atoms with van der Waals surface area (Å²) in [6, 6.07) is 5.24. The number of hydrogen-bond donors (Lipinski definition) is 3. The van der Waals surface area contributed by atoms with Crippen LogP contribution >= 0.6 is 11.6 Å². The van der Waals surface area contributed by atoms with Crippen LogP contribution in [-0.4, -0.2) is 24.4 Å². The van der Waals surface area contributed by atoms with Gasteiger partial charge in [0.25, 0.3) is 0 Å². The van der Waals surface area contributed by atoms with Crippen molar-refractivity contribution in [3.8, 4) is 0 Å². The van der Waals surface area contributed by atoms with E-state index in [4.69, 9.17) is 11.6 Å². The van der Waals surface area contributed by atoms with Gasteiger partial charge in [-0.15, -0.1) is 0 Å². The van der Waals surface area contributed by atoms with Gasteiger partial charge in [0, 0.05) is 18.0 Å². The van der Waals surface area contributed by atoms with E-state index in [0.29, 0.717) is 16.4 Å². The molecule has 0 radical (unpaired) electrons. The molecule has 0 saturated heterocycles. The van der Waals surface area contributed by atoms with Crippen molar-refractivity contribution in [1.29, 1.82) is 0 Å². The molecule has 5 nitrogen and oxygen atoms in total. The summed E-state index contributed by atoms with van der Waals surface area (Å²) >= 11 is 5.97. The van der Waals surface area contributed by atoms with Crippen molar-refractivity contribution in [3.63, 3.8) is 0 Å². The quantitative estimate of drug-likeness (QED) is 0.599. The first kappa shape index (κ1) is 19.3. The number of amides is 2. The van der Waals surface area contributed by atoms with Gasteiger partial charge in [-0.2, -0.15) is 0 Å². The molecule has 0 aromatic heterocycles. The number of carbonyl (C=O) groups is 2. The van der Waals surface area contributed by atoms with Crippen molar-refractivity contribution in [1.82, 2.24) is 5.32 Å². The zero-order chi connectivity index (χ0) is 17.2. The van der Waals surface area contributed by atoms with Gasteiger partial charge in [0.15, 0.2) is 0 Å². The molecule has 3 N–H and O–H groups in total. The molecule has 0 aliphatic heterocycles. The van der Waals surface area contributed by atoms with E-state index >= 15 is 0 Å². The summed E-state index contributed by atoms with van der Waals surface area (Å²) in [6.45, 7) is 5.73. The molecule has 1 aromatic rings. The van der Waals surface area contributed by atoms with Gasteiger partial charge in [-0.3, -0.25) is 9.59 Å². The minimum Gasteiger partial charge on any atom is -0.374 e. The number of rotatable bonds is 9. The van der Waals surface area contributed by atoms with E-state index in [1.165, 1.54) is 19.8 Å². The van der Waals surface area contributed by atoms with Crippen LogP contribution in [0.2, 0.25) is 5.02 Å². The Hall–Kier alpha value is -1.75. The van der Waals surface area contributed by atoms with E-state index < -0.39 is 0 Å². The smallest absolute Gasteiger partial charge is 0.239 e. The molecule has 1 rings (SSSR count). The second kappa shape index (κ2) is 10.1. The highest BCUT2D eigenvalue weighted by Gasteiger charge is 2.09. The first-order valence-electron chi connectivity index (χ1n) is 8.02. The van der Waals surface area contributed by atoms with Crippen LogP contribution in [-0.2, 0) is 9.59 Å². The zero-order valence-electron chi connectivity index (χ0n) is 14.0. The Kier molecular flexibility index (Phi) is 8.48. The molecular formula is C17H26ClN3O2. The Bertz CT molecular complexity index is 535. The lowest BCUT2D eigenvalue weighted by molar-refractivity contribution is -0.120.